The molecule has 6 heteroatoms. The molecule has 0 atom stereocenters. The highest BCUT2D eigenvalue weighted by molar-refractivity contribution is 9.10. The monoisotopic (exact) mass is 477 g/mol. The summed E-state index contributed by atoms with van der Waals surface area (Å²) in [5.74, 6) is 0.949. The van der Waals surface area contributed by atoms with Crippen LogP contribution in [0.25, 0.3) is 0 Å². The average molecular weight is 479 g/mol. The molecule has 0 unspecified atom stereocenters. The Labute approximate surface area is 183 Å². The standard InChI is InChI=1S/C23H22BrClFNO2/c1-3-28-22-11-17(13-27-21-12-18(25)8-7-15(21)2)10-20(24)23(22)29-14-16-5-4-6-19(26)9-16/h4-12,27H,3,13-14H2,1-2H3. The lowest BCUT2D eigenvalue weighted by atomic mass is 10.1. The van der Waals surface area contributed by atoms with Crippen molar-refractivity contribution in [2.24, 2.45) is 0 Å². The first kappa shape index (κ1) is 21.5. The summed E-state index contributed by atoms with van der Waals surface area (Å²) in [4.78, 5) is 0. The summed E-state index contributed by atoms with van der Waals surface area (Å²) in [5, 5.41) is 4.10. The molecule has 3 aromatic carbocycles. The van der Waals surface area contributed by atoms with E-state index in [0.717, 1.165) is 26.9 Å². The summed E-state index contributed by atoms with van der Waals surface area (Å²) >= 11 is 9.68. The highest BCUT2D eigenvalue weighted by Crippen LogP contribution is 2.38. The fraction of sp³-hybridized carbons (Fsp3) is 0.217. The van der Waals surface area contributed by atoms with Gasteiger partial charge in [0.15, 0.2) is 11.5 Å². The zero-order valence-electron chi connectivity index (χ0n) is 16.3. The van der Waals surface area contributed by atoms with Crippen molar-refractivity contribution in [3.05, 3.63) is 86.6 Å². The van der Waals surface area contributed by atoms with E-state index in [1.807, 2.05) is 50.2 Å². The van der Waals surface area contributed by atoms with Gasteiger partial charge in [0, 0.05) is 17.3 Å². The topological polar surface area (TPSA) is 30.5 Å². The minimum absolute atomic E-state index is 0.246. The van der Waals surface area contributed by atoms with Crippen LogP contribution < -0.4 is 14.8 Å². The van der Waals surface area contributed by atoms with Crippen molar-refractivity contribution in [2.75, 3.05) is 11.9 Å². The van der Waals surface area contributed by atoms with E-state index >= 15 is 0 Å². The van der Waals surface area contributed by atoms with Gasteiger partial charge in [-0.3, -0.25) is 0 Å². The molecule has 29 heavy (non-hydrogen) atoms. The van der Waals surface area contributed by atoms with Crippen LogP contribution in [-0.2, 0) is 13.2 Å². The minimum Gasteiger partial charge on any atom is -0.490 e. The molecular weight excluding hydrogens is 457 g/mol. The Morgan fingerprint density at radius 3 is 2.62 bits per heavy atom. The minimum atomic E-state index is -0.284. The molecule has 0 bridgehead atoms. The van der Waals surface area contributed by atoms with E-state index in [1.54, 1.807) is 6.07 Å². The highest BCUT2D eigenvalue weighted by atomic mass is 79.9. The third-order valence-corrected chi connectivity index (χ3v) is 5.15. The maximum atomic E-state index is 13.4. The summed E-state index contributed by atoms with van der Waals surface area (Å²) in [6.07, 6.45) is 0. The first-order chi connectivity index (χ1) is 14.0. The third kappa shape index (κ3) is 5.87. The van der Waals surface area contributed by atoms with Crippen LogP contribution >= 0.6 is 27.5 Å². The number of nitrogens with one attached hydrogen (secondary N) is 1. The fourth-order valence-electron chi connectivity index (χ4n) is 2.89. The molecular formula is C23H22BrClFNO2. The molecule has 0 saturated carbocycles. The maximum Gasteiger partial charge on any atom is 0.175 e. The van der Waals surface area contributed by atoms with Gasteiger partial charge in [0.1, 0.15) is 12.4 Å². The molecule has 0 heterocycles. The molecule has 0 saturated heterocycles. The lowest BCUT2D eigenvalue weighted by Crippen LogP contribution is -2.04. The van der Waals surface area contributed by atoms with E-state index in [9.17, 15) is 4.39 Å². The molecule has 152 valence electrons. The number of hydrogen-bond acceptors (Lipinski definition) is 3. The van der Waals surface area contributed by atoms with Crippen LogP contribution in [0.4, 0.5) is 10.1 Å². The van der Waals surface area contributed by atoms with Crippen molar-refractivity contribution in [1.29, 1.82) is 0 Å². The largest absolute Gasteiger partial charge is 0.490 e. The molecule has 3 aromatic rings. The summed E-state index contributed by atoms with van der Waals surface area (Å²) in [7, 11) is 0. The van der Waals surface area contributed by atoms with Crippen LogP contribution in [0, 0.1) is 12.7 Å². The lowest BCUT2D eigenvalue weighted by Gasteiger charge is -2.16. The van der Waals surface area contributed by atoms with Gasteiger partial charge < -0.3 is 14.8 Å². The summed E-state index contributed by atoms with van der Waals surface area (Å²) in [6.45, 7) is 5.31. The van der Waals surface area contributed by atoms with E-state index in [2.05, 4.69) is 21.2 Å². The fourth-order valence-corrected chi connectivity index (χ4v) is 3.67. The van der Waals surface area contributed by atoms with Crippen molar-refractivity contribution < 1.29 is 13.9 Å². The van der Waals surface area contributed by atoms with Crippen molar-refractivity contribution in [2.45, 2.75) is 27.0 Å². The van der Waals surface area contributed by atoms with E-state index in [0.29, 0.717) is 29.7 Å². The predicted molar refractivity (Wildman–Crippen MR) is 120 cm³/mol. The molecule has 0 fully saturated rings. The Morgan fingerprint density at radius 2 is 1.86 bits per heavy atom. The first-order valence-electron chi connectivity index (χ1n) is 9.28. The quantitative estimate of drug-likeness (QED) is 0.373. The smallest absolute Gasteiger partial charge is 0.175 e. The van der Waals surface area contributed by atoms with Crippen molar-refractivity contribution in [1.82, 2.24) is 0 Å². The summed E-state index contributed by atoms with van der Waals surface area (Å²) in [6, 6.07) is 16.0. The lowest BCUT2D eigenvalue weighted by molar-refractivity contribution is 0.267. The second-order valence-electron chi connectivity index (χ2n) is 6.57. The second kappa shape index (κ2) is 9.99. The van der Waals surface area contributed by atoms with Crippen LogP contribution in [0.2, 0.25) is 5.02 Å². The summed E-state index contributed by atoms with van der Waals surface area (Å²) in [5.41, 5.74) is 3.88. The van der Waals surface area contributed by atoms with E-state index in [-0.39, 0.29) is 12.4 Å². The third-order valence-electron chi connectivity index (χ3n) is 4.32. The molecule has 1 N–H and O–H groups in total. The number of rotatable bonds is 8. The van der Waals surface area contributed by atoms with Gasteiger partial charge in [0.2, 0.25) is 0 Å². The molecule has 0 amide bonds. The number of aryl methyl sites for hydroxylation is 1. The molecule has 0 aromatic heterocycles. The van der Waals surface area contributed by atoms with E-state index in [4.69, 9.17) is 21.1 Å². The van der Waals surface area contributed by atoms with Crippen LogP contribution in [0.5, 0.6) is 11.5 Å². The number of halogens is 3. The second-order valence-corrected chi connectivity index (χ2v) is 7.86. The summed E-state index contributed by atoms with van der Waals surface area (Å²) < 4.78 is 25.9. The average Bonchev–Trinajstić information content (AvgIpc) is 2.68. The van der Waals surface area contributed by atoms with E-state index in [1.165, 1.54) is 12.1 Å². The van der Waals surface area contributed by atoms with E-state index < -0.39 is 0 Å². The van der Waals surface area contributed by atoms with Gasteiger partial charge in [-0.15, -0.1) is 0 Å². The first-order valence-corrected chi connectivity index (χ1v) is 10.5. The van der Waals surface area contributed by atoms with Gasteiger partial charge in [0.25, 0.3) is 0 Å². The van der Waals surface area contributed by atoms with Gasteiger partial charge in [0.05, 0.1) is 11.1 Å². The van der Waals surface area contributed by atoms with Crippen LogP contribution in [-0.4, -0.2) is 6.61 Å². The van der Waals surface area contributed by atoms with Gasteiger partial charge in [-0.2, -0.15) is 0 Å². The Kier molecular flexibility index (Phi) is 7.40. The van der Waals surface area contributed by atoms with Crippen LogP contribution in [0.3, 0.4) is 0 Å². The van der Waals surface area contributed by atoms with Crippen LogP contribution in [0.1, 0.15) is 23.6 Å². The molecule has 0 spiro atoms. The Morgan fingerprint density at radius 1 is 1.03 bits per heavy atom. The Balaban J connectivity index is 1.77. The Hall–Kier alpha value is -2.24. The van der Waals surface area contributed by atoms with Crippen molar-refractivity contribution >= 4 is 33.2 Å². The van der Waals surface area contributed by atoms with Gasteiger partial charge in [-0.05, 0) is 82.9 Å². The van der Waals surface area contributed by atoms with Gasteiger partial charge in [-0.25, -0.2) is 4.39 Å². The molecule has 0 radical (unpaired) electrons. The number of benzene rings is 3. The zero-order chi connectivity index (χ0) is 20.8. The van der Waals surface area contributed by atoms with Gasteiger partial charge in [-0.1, -0.05) is 29.8 Å². The molecule has 3 nitrogen and oxygen atoms in total. The molecule has 0 aliphatic heterocycles. The van der Waals surface area contributed by atoms with Crippen molar-refractivity contribution in [3.63, 3.8) is 0 Å². The SMILES string of the molecule is CCOc1cc(CNc2cc(Cl)ccc2C)cc(Br)c1OCc1cccc(F)c1. The number of hydrogen-bond donors (Lipinski definition) is 1. The normalized spacial score (nSPS) is 10.7. The molecule has 3 rings (SSSR count). The predicted octanol–water partition coefficient (Wildman–Crippen LogP) is 7.14. The number of anilines is 1. The van der Waals surface area contributed by atoms with Gasteiger partial charge >= 0.3 is 0 Å². The maximum absolute atomic E-state index is 13.4. The zero-order valence-corrected chi connectivity index (χ0v) is 18.6. The highest BCUT2D eigenvalue weighted by Gasteiger charge is 2.13. The number of ether oxygens (including phenoxy) is 2. The molecule has 0 aliphatic carbocycles. The van der Waals surface area contributed by atoms with Crippen molar-refractivity contribution in [3.8, 4) is 11.5 Å². The molecule has 0 aliphatic rings. The Bertz CT molecular complexity index is 997. The van der Waals surface area contributed by atoms with Crippen LogP contribution in [0.15, 0.2) is 59.1 Å².